The first-order valence-corrected chi connectivity index (χ1v) is 10.8. The minimum atomic E-state index is -4.41. The highest BCUT2D eigenvalue weighted by atomic mass is 127. The zero-order chi connectivity index (χ0) is 21.1. The van der Waals surface area contributed by atoms with E-state index in [0.29, 0.717) is 16.7 Å². The SMILES string of the molecule is Cc1cc(S(=O)(=O)O)c(C(C)C)cc1OC(=O)COC(=O)c1cccc(I)c1. The number of rotatable bonds is 6. The van der Waals surface area contributed by atoms with Crippen LogP contribution in [0, 0.1) is 10.5 Å². The Morgan fingerprint density at radius 2 is 1.86 bits per heavy atom. The maximum atomic E-state index is 12.1. The molecule has 0 spiro atoms. The summed E-state index contributed by atoms with van der Waals surface area (Å²) in [6, 6.07) is 9.35. The standard InChI is InChI=1S/C19H19IO7S/c1-11(2)15-9-16(12(3)7-17(15)28(23,24)25)27-18(21)10-26-19(22)13-5-4-6-14(20)8-13/h4-9,11H,10H2,1-3H3,(H,23,24,25). The van der Waals surface area contributed by atoms with Crippen LogP contribution in [0.3, 0.4) is 0 Å². The zero-order valence-electron chi connectivity index (χ0n) is 15.4. The smallest absolute Gasteiger partial charge is 0.349 e. The number of ether oxygens (including phenoxy) is 2. The van der Waals surface area contributed by atoms with Crippen molar-refractivity contribution in [2.24, 2.45) is 0 Å². The monoisotopic (exact) mass is 518 g/mol. The fourth-order valence-electron chi connectivity index (χ4n) is 2.44. The lowest BCUT2D eigenvalue weighted by Crippen LogP contribution is -2.19. The van der Waals surface area contributed by atoms with Crippen molar-refractivity contribution >= 4 is 44.6 Å². The van der Waals surface area contributed by atoms with Crippen molar-refractivity contribution in [2.45, 2.75) is 31.6 Å². The quantitative estimate of drug-likeness (QED) is 0.269. The second-order valence-electron chi connectivity index (χ2n) is 6.35. The van der Waals surface area contributed by atoms with Gasteiger partial charge in [-0.3, -0.25) is 4.55 Å². The van der Waals surface area contributed by atoms with E-state index in [1.165, 1.54) is 12.1 Å². The van der Waals surface area contributed by atoms with Crippen molar-refractivity contribution in [3.05, 3.63) is 56.7 Å². The van der Waals surface area contributed by atoms with Crippen molar-refractivity contribution in [1.29, 1.82) is 0 Å². The number of carbonyl (C=O) groups is 2. The summed E-state index contributed by atoms with van der Waals surface area (Å²) in [5, 5.41) is 0. The highest BCUT2D eigenvalue weighted by Gasteiger charge is 2.21. The van der Waals surface area contributed by atoms with Crippen LogP contribution >= 0.6 is 22.6 Å². The molecule has 0 aliphatic carbocycles. The van der Waals surface area contributed by atoms with Gasteiger partial charge in [0.15, 0.2) is 6.61 Å². The molecule has 0 bridgehead atoms. The molecule has 0 radical (unpaired) electrons. The number of hydrogen-bond donors (Lipinski definition) is 1. The Hall–Kier alpha value is -1.98. The van der Waals surface area contributed by atoms with E-state index in [4.69, 9.17) is 9.47 Å². The number of halogens is 1. The first-order valence-electron chi connectivity index (χ1n) is 8.24. The van der Waals surface area contributed by atoms with Gasteiger partial charge in [-0.1, -0.05) is 19.9 Å². The Morgan fingerprint density at radius 1 is 1.18 bits per heavy atom. The Bertz CT molecular complexity index is 1010. The van der Waals surface area contributed by atoms with Gasteiger partial charge in [0.25, 0.3) is 10.1 Å². The van der Waals surface area contributed by atoms with Crippen molar-refractivity contribution in [1.82, 2.24) is 0 Å². The largest absolute Gasteiger partial charge is 0.450 e. The third-order valence-electron chi connectivity index (χ3n) is 3.81. The molecular formula is C19H19IO7S. The molecular weight excluding hydrogens is 499 g/mol. The van der Waals surface area contributed by atoms with E-state index in [-0.39, 0.29) is 16.6 Å². The lowest BCUT2D eigenvalue weighted by atomic mass is 10.0. The molecule has 28 heavy (non-hydrogen) atoms. The Labute approximate surface area is 176 Å². The number of benzene rings is 2. The van der Waals surface area contributed by atoms with Gasteiger partial charge in [0.2, 0.25) is 0 Å². The first kappa shape index (κ1) is 22.3. The van der Waals surface area contributed by atoms with Crippen LogP contribution in [0.15, 0.2) is 41.3 Å². The summed E-state index contributed by atoms with van der Waals surface area (Å²) in [4.78, 5) is 23.8. The van der Waals surface area contributed by atoms with E-state index >= 15 is 0 Å². The van der Waals surface area contributed by atoms with Crippen LogP contribution in [0.4, 0.5) is 0 Å². The predicted octanol–water partition coefficient (Wildman–Crippen LogP) is 3.73. The highest BCUT2D eigenvalue weighted by Crippen LogP contribution is 2.31. The molecule has 7 nitrogen and oxygen atoms in total. The summed E-state index contributed by atoms with van der Waals surface area (Å²) < 4.78 is 43.6. The molecule has 0 aromatic heterocycles. The van der Waals surface area contributed by atoms with Crippen LogP contribution in [0.5, 0.6) is 5.75 Å². The van der Waals surface area contributed by atoms with Gasteiger partial charge >= 0.3 is 11.9 Å². The second-order valence-corrected chi connectivity index (χ2v) is 8.98. The van der Waals surface area contributed by atoms with Gasteiger partial charge in [-0.2, -0.15) is 8.42 Å². The Balaban J connectivity index is 2.13. The van der Waals surface area contributed by atoms with Gasteiger partial charge < -0.3 is 9.47 Å². The van der Waals surface area contributed by atoms with E-state index in [1.807, 2.05) is 6.07 Å². The van der Waals surface area contributed by atoms with Crippen molar-refractivity contribution in [2.75, 3.05) is 6.61 Å². The van der Waals surface area contributed by atoms with Crippen LogP contribution < -0.4 is 4.74 Å². The molecule has 0 unspecified atom stereocenters. The second kappa shape index (κ2) is 9.01. The molecule has 0 fully saturated rings. The van der Waals surface area contributed by atoms with E-state index in [9.17, 15) is 22.6 Å². The molecule has 0 heterocycles. The minimum absolute atomic E-state index is 0.131. The van der Waals surface area contributed by atoms with E-state index in [1.54, 1.807) is 39.0 Å². The maximum absolute atomic E-state index is 12.1. The van der Waals surface area contributed by atoms with Gasteiger partial charge in [0, 0.05) is 3.57 Å². The summed E-state index contributed by atoms with van der Waals surface area (Å²) in [5.74, 6) is -1.58. The van der Waals surface area contributed by atoms with Crippen molar-refractivity contribution in [3.63, 3.8) is 0 Å². The molecule has 0 saturated heterocycles. The van der Waals surface area contributed by atoms with E-state index in [2.05, 4.69) is 22.6 Å². The number of esters is 2. The van der Waals surface area contributed by atoms with Gasteiger partial charge in [-0.05, 0) is 76.9 Å². The van der Waals surface area contributed by atoms with Crippen LogP contribution in [0.1, 0.15) is 41.3 Å². The van der Waals surface area contributed by atoms with Crippen LogP contribution in [0.2, 0.25) is 0 Å². The normalized spacial score (nSPS) is 11.4. The average molecular weight is 518 g/mol. The fourth-order valence-corrected chi connectivity index (χ4v) is 3.90. The topological polar surface area (TPSA) is 107 Å². The Morgan fingerprint density at radius 3 is 2.43 bits per heavy atom. The summed E-state index contributed by atoms with van der Waals surface area (Å²) >= 11 is 2.06. The molecule has 1 N–H and O–H groups in total. The fraction of sp³-hybridized carbons (Fsp3) is 0.263. The molecule has 150 valence electrons. The van der Waals surface area contributed by atoms with Crippen LogP contribution in [-0.4, -0.2) is 31.5 Å². The van der Waals surface area contributed by atoms with E-state index in [0.717, 1.165) is 3.57 Å². The zero-order valence-corrected chi connectivity index (χ0v) is 18.4. The van der Waals surface area contributed by atoms with Crippen LogP contribution in [0.25, 0.3) is 0 Å². The van der Waals surface area contributed by atoms with Gasteiger partial charge in [-0.25, -0.2) is 9.59 Å². The molecule has 9 heteroatoms. The lowest BCUT2D eigenvalue weighted by molar-refractivity contribution is -0.137. The number of carbonyl (C=O) groups excluding carboxylic acids is 2. The molecule has 2 aromatic rings. The predicted molar refractivity (Wildman–Crippen MR) is 110 cm³/mol. The average Bonchev–Trinajstić information content (AvgIpc) is 2.60. The lowest BCUT2D eigenvalue weighted by Gasteiger charge is -2.15. The van der Waals surface area contributed by atoms with Gasteiger partial charge in [-0.15, -0.1) is 0 Å². The van der Waals surface area contributed by atoms with Crippen LogP contribution in [-0.2, 0) is 19.6 Å². The number of hydrogen-bond acceptors (Lipinski definition) is 6. The Kier molecular flexibility index (Phi) is 7.18. The summed E-state index contributed by atoms with van der Waals surface area (Å²) in [7, 11) is -4.41. The molecule has 0 aliphatic heterocycles. The third kappa shape index (κ3) is 5.76. The molecule has 0 aliphatic rings. The third-order valence-corrected chi connectivity index (χ3v) is 5.39. The molecule has 0 atom stereocenters. The maximum Gasteiger partial charge on any atom is 0.349 e. The summed E-state index contributed by atoms with van der Waals surface area (Å²) in [6.07, 6.45) is 0. The van der Waals surface area contributed by atoms with Gasteiger partial charge in [0.05, 0.1) is 10.5 Å². The molecule has 0 amide bonds. The highest BCUT2D eigenvalue weighted by molar-refractivity contribution is 14.1. The number of aryl methyl sites for hydroxylation is 1. The van der Waals surface area contributed by atoms with Crippen molar-refractivity contribution < 1.29 is 32.0 Å². The van der Waals surface area contributed by atoms with Gasteiger partial charge in [0.1, 0.15) is 5.75 Å². The van der Waals surface area contributed by atoms with E-state index < -0.39 is 28.7 Å². The molecule has 2 aromatic carbocycles. The van der Waals surface area contributed by atoms with Crippen molar-refractivity contribution in [3.8, 4) is 5.75 Å². The summed E-state index contributed by atoms with van der Waals surface area (Å²) in [5.41, 5.74) is 0.969. The molecule has 0 saturated carbocycles. The first-order chi connectivity index (χ1) is 13.0. The molecule has 2 rings (SSSR count). The minimum Gasteiger partial charge on any atom is -0.450 e. The summed E-state index contributed by atoms with van der Waals surface area (Å²) in [6.45, 7) is 4.43.